The minimum Gasteiger partial charge on any atom is -0.497 e. The molecule has 2 heterocycles. The molecule has 0 bridgehead atoms. The molecule has 1 aliphatic rings. The van der Waals surface area contributed by atoms with E-state index in [1.54, 1.807) is 20.5 Å². The van der Waals surface area contributed by atoms with Crippen LogP contribution in [0.4, 0.5) is 0 Å². The van der Waals surface area contributed by atoms with Gasteiger partial charge in [-0.1, -0.05) is 12.1 Å². The highest BCUT2D eigenvalue weighted by Gasteiger charge is 2.22. The second kappa shape index (κ2) is 15.1. The lowest BCUT2D eigenvalue weighted by molar-refractivity contribution is 0.0179. The Hall–Kier alpha value is -1.82. The van der Waals surface area contributed by atoms with E-state index >= 15 is 0 Å². The van der Waals surface area contributed by atoms with Crippen LogP contribution in [0.25, 0.3) is 0 Å². The molecule has 0 radical (unpaired) electrons. The lowest BCUT2D eigenvalue weighted by atomic mass is 10.0. The molecule has 0 spiro atoms. The number of morpholine rings is 1. The molecule has 1 unspecified atom stereocenters. The van der Waals surface area contributed by atoms with Crippen molar-refractivity contribution in [3.8, 4) is 5.75 Å². The third-order valence-corrected chi connectivity index (χ3v) is 5.25. The second-order valence-electron chi connectivity index (χ2n) is 7.30. The molecule has 8 nitrogen and oxygen atoms in total. The monoisotopic (exact) mass is 558 g/mol. The van der Waals surface area contributed by atoms with Gasteiger partial charge in [-0.25, -0.2) is 0 Å². The summed E-state index contributed by atoms with van der Waals surface area (Å²) in [5.41, 5.74) is 1.22. The Bertz CT molecular complexity index is 765. The Balaban J connectivity index is 0.00000363. The second-order valence-corrected chi connectivity index (χ2v) is 7.30. The quantitative estimate of drug-likeness (QED) is 0.190. The summed E-state index contributed by atoms with van der Waals surface area (Å²) in [5, 5.41) is 6.75. The van der Waals surface area contributed by atoms with E-state index in [0.29, 0.717) is 19.7 Å². The van der Waals surface area contributed by atoms with Gasteiger partial charge in [0.25, 0.3) is 0 Å². The van der Waals surface area contributed by atoms with E-state index < -0.39 is 0 Å². The average molecular weight is 558 g/mol. The highest BCUT2D eigenvalue weighted by molar-refractivity contribution is 14.0. The number of nitrogens with zero attached hydrogens (tertiary/aromatic N) is 2. The van der Waals surface area contributed by atoms with Gasteiger partial charge in [-0.3, -0.25) is 9.89 Å². The smallest absolute Gasteiger partial charge is 0.191 e. The molecule has 178 valence electrons. The van der Waals surface area contributed by atoms with Gasteiger partial charge < -0.3 is 29.3 Å². The predicted molar refractivity (Wildman–Crippen MR) is 136 cm³/mol. The van der Waals surface area contributed by atoms with Crippen LogP contribution in [-0.4, -0.2) is 77.6 Å². The summed E-state index contributed by atoms with van der Waals surface area (Å²) in [6, 6.07) is 12.3. The van der Waals surface area contributed by atoms with Crippen LogP contribution in [0.3, 0.4) is 0 Å². The molecule has 1 aliphatic heterocycles. The normalized spacial score (nSPS) is 15.6. The number of hydrogen-bond acceptors (Lipinski definition) is 6. The summed E-state index contributed by atoms with van der Waals surface area (Å²) in [4.78, 5) is 7.34. The Labute approximate surface area is 207 Å². The number of methoxy groups -OCH3 is 2. The van der Waals surface area contributed by atoms with E-state index in [4.69, 9.17) is 23.6 Å². The number of hydrogen-bond donors (Lipinski definition) is 2. The summed E-state index contributed by atoms with van der Waals surface area (Å²) in [5.74, 6) is 2.58. The van der Waals surface area contributed by atoms with Crippen molar-refractivity contribution in [3.05, 3.63) is 54.0 Å². The zero-order valence-electron chi connectivity index (χ0n) is 18.9. The molecule has 1 aromatic carbocycles. The van der Waals surface area contributed by atoms with Crippen LogP contribution >= 0.6 is 24.0 Å². The molecule has 2 aromatic rings. The minimum absolute atomic E-state index is 0. The summed E-state index contributed by atoms with van der Waals surface area (Å²) in [6.45, 7) is 5.95. The molecule has 0 aliphatic carbocycles. The van der Waals surface area contributed by atoms with Gasteiger partial charge in [0.2, 0.25) is 0 Å². The Kier molecular flexibility index (Phi) is 12.5. The number of nitrogens with one attached hydrogen (secondary N) is 2. The van der Waals surface area contributed by atoms with Crippen LogP contribution in [0.5, 0.6) is 5.75 Å². The molecule has 1 atom stereocenters. The van der Waals surface area contributed by atoms with Crippen LogP contribution in [0.15, 0.2) is 52.1 Å². The van der Waals surface area contributed by atoms with E-state index in [-0.39, 0.29) is 30.0 Å². The molecule has 1 saturated heterocycles. The van der Waals surface area contributed by atoms with E-state index in [0.717, 1.165) is 56.7 Å². The maximum atomic E-state index is 5.56. The molecule has 1 fully saturated rings. The molecule has 9 heteroatoms. The van der Waals surface area contributed by atoms with Crippen molar-refractivity contribution in [2.75, 3.05) is 66.8 Å². The van der Waals surface area contributed by atoms with Crippen molar-refractivity contribution in [1.82, 2.24) is 15.5 Å². The summed E-state index contributed by atoms with van der Waals surface area (Å²) in [6.07, 6.45) is 2.49. The van der Waals surface area contributed by atoms with Crippen LogP contribution in [0.2, 0.25) is 0 Å². The topological polar surface area (TPSA) is 80.5 Å². The van der Waals surface area contributed by atoms with Gasteiger partial charge in [0.05, 0.1) is 45.8 Å². The zero-order chi connectivity index (χ0) is 21.7. The fourth-order valence-electron chi connectivity index (χ4n) is 3.53. The van der Waals surface area contributed by atoms with E-state index in [9.17, 15) is 0 Å². The van der Waals surface area contributed by atoms with Gasteiger partial charge in [-0.2, -0.15) is 0 Å². The number of guanidine groups is 1. The van der Waals surface area contributed by atoms with Crippen LogP contribution in [-0.2, 0) is 15.9 Å². The maximum absolute atomic E-state index is 5.56. The number of rotatable bonds is 11. The highest BCUT2D eigenvalue weighted by atomic mass is 127. The first-order valence-electron chi connectivity index (χ1n) is 10.8. The number of furan rings is 1. The molecule has 3 rings (SSSR count). The molecular weight excluding hydrogens is 523 g/mol. The molecule has 2 N–H and O–H groups in total. The minimum atomic E-state index is 0. The maximum Gasteiger partial charge on any atom is 0.191 e. The molecule has 1 aromatic heterocycles. The average Bonchev–Trinajstić information content (AvgIpc) is 3.33. The van der Waals surface area contributed by atoms with Crippen LogP contribution in [0, 0.1) is 0 Å². The third kappa shape index (κ3) is 8.61. The molecular formula is C23H35IN4O4. The number of benzene rings is 1. The Morgan fingerprint density at radius 1 is 1.09 bits per heavy atom. The predicted octanol–water partition coefficient (Wildman–Crippen LogP) is 2.70. The van der Waals surface area contributed by atoms with Gasteiger partial charge in [0, 0.05) is 39.7 Å². The van der Waals surface area contributed by atoms with Crippen molar-refractivity contribution < 1.29 is 18.6 Å². The first kappa shape index (κ1) is 26.4. The van der Waals surface area contributed by atoms with Crippen molar-refractivity contribution in [2.24, 2.45) is 4.99 Å². The Morgan fingerprint density at radius 3 is 2.50 bits per heavy atom. The van der Waals surface area contributed by atoms with Crippen LogP contribution < -0.4 is 15.4 Å². The van der Waals surface area contributed by atoms with Gasteiger partial charge in [-0.05, 0) is 29.8 Å². The largest absolute Gasteiger partial charge is 0.497 e. The Morgan fingerprint density at radius 2 is 1.84 bits per heavy atom. The van der Waals surface area contributed by atoms with E-state index in [1.807, 2.05) is 24.3 Å². The van der Waals surface area contributed by atoms with Gasteiger partial charge in [0.15, 0.2) is 5.96 Å². The lowest BCUT2D eigenvalue weighted by Crippen LogP contribution is -2.42. The van der Waals surface area contributed by atoms with Gasteiger partial charge in [-0.15, -0.1) is 24.0 Å². The van der Waals surface area contributed by atoms with Crippen LogP contribution in [0.1, 0.15) is 17.4 Å². The highest BCUT2D eigenvalue weighted by Crippen LogP contribution is 2.24. The first-order valence-corrected chi connectivity index (χ1v) is 10.8. The number of ether oxygens (including phenoxy) is 3. The van der Waals surface area contributed by atoms with E-state index in [2.05, 4.69) is 27.7 Å². The number of halogens is 1. The standard InChI is InChI=1S/C23H34N4O4.HI/c1-28-15-11-25-23(24-10-9-21-4-3-14-31-21)26-18-22(27-12-16-30-17-13-27)19-5-7-20(29-2)8-6-19;/h3-8,14,22H,9-13,15-18H2,1-2H3,(H2,24,25,26);1H. The van der Waals surface area contributed by atoms with Crippen molar-refractivity contribution >= 4 is 29.9 Å². The van der Waals surface area contributed by atoms with Gasteiger partial charge >= 0.3 is 0 Å². The fourth-order valence-corrected chi connectivity index (χ4v) is 3.53. The summed E-state index contributed by atoms with van der Waals surface area (Å²) in [7, 11) is 3.38. The molecule has 0 amide bonds. The summed E-state index contributed by atoms with van der Waals surface area (Å²) < 4.78 is 21.5. The number of aliphatic imine (C=N–C) groups is 1. The summed E-state index contributed by atoms with van der Waals surface area (Å²) >= 11 is 0. The first-order chi connectivity index (χ1) is 15.3. The lowest BCUT2D eigenvalue weighted by Gasteiger charge is -2.34. The fraction of sp³-hybridized carbons (Fsp3) is 0.522. The zero-order valence-corrected chi connectivity index (χ0v) is 21.2. The third-order valence-electron chi connectivity index (χ3n) is 5.25. The SMILES string of the molecule is COCCNC(=NCC(c1ccc(OC)cc1)N1CCOCC1)NCCc1ccco1.I. The molecule has 0 saturated carbocycles. The van der Waals surface area contributed by atoms with Crippen molar-refractivity contribution in [3.63, 3.8) is 0 Å². The molecule has 32 heavy (non-hydrogen) atoms. The van der Waals surface area contributed by atoms with E-state index in [1.165, 1.54) is 5.56 Å². The van der Waals surface area contributed by atoms with Gasteiger partial charge in [0.1, 0.15) is 11.5 Å². The van der Waals surface area contributed by atoms with Crippen molar-refractivity contribution in [2.45, 2.75) is 12.5 Å². The van der Waals surface area contributed by atoms with Crippen molar-refractivity contribution in [1.29, 1.82) is 0 Å².